The summed E-state index contributed by atoms with van der Waals surface area (Å²) in [6, 6.07) is -0.769. The van der Waals surface area contributed by atoms with Crippen LogP contribution in [0.1, 0.15) is 459 Å². The molecule has 0 heterocycles. The van der Waals surface area contributed by atoms with Crippen molar-refractivity contribution >= 4 is 23.9 Å². The van der Waals surface area contributed by atoms with Crippen molar-refractivity contribution in [2.45, 2.75) is 483 Å². The minimum absolute atomic E-state index is 0.0153. The van der Waals surface area contributed by atoms with Crippen LogP contribution in [0.2, 0.25) is 0 Å². The lowest BCUT2D eigenvalue weighted by atomic mass is 10.0. The van der Waals surface area contributed by atoms with Gasteiger partial charge in [-0.25, -0.2) is 0 Å². The molecule has 0 radical (unpaired) electrons. The number of carbonyl (C=O) groups is 4. The summed E-state index contributed by atoms with van der Waals surface area (Å²) >= 11 is 0. The number of likely N-dealkylation sites (N-methyl/N-ethyl adjacent to an activating group) is 1. The predicted molar refractivity (Wildman–Crippen MR) is 445 cm³/mol. The Kier molecular flexibility index (Phi) is 78.7. The molecule has 0 saturated carbocycles. The van der Waals surface area contributed by atoms with Crippen LogP contribution < -0.4 is 0 Å². The van der Waals surface area contributed by atoms with E-state index in [4.69, 9.17) is 18.9 Å². The molecule has 0 rings (SSSR count). The van der Waals surface area contributed by atoms with Crippen LogP contribution in [0.25, 0.3) is 0 Å². The first-order valence-corrected chi connectivity index (χ1v) is 45.3. The van der Waals surface area contributed by atoms with E-state index in [-0.39, 0.29) is 55.2 Å². The Labute approximate surface area is 640 Å². The second kappa shape index (κ2) is 81.3. The number of unbranched alkanes of at least 4 members (excludes halogenated alkanes) is 44. The molecule has 604 valence electrons. The van der Waals surface area contributed by atoms with Gasteiger partial charge in [-0.05, 0) is 194 Å². The molecule has 0 N–H and O–H groups in total. The van der Waals surface area contributed by atoms with Crippen LogP contribution >= 0.6 is 0 Å². The molecular weight excluding hydrogens is 1270 g/mol. The molecule has 0 amide bonds. The lowest BCUT2D eigenvalue weighted by Gasteiger charge is -2.30. The largest absolute Gasteiger partial charge is 0.463 e. The summed E-state index contributed by atoms with van der Waals surface area (Å²) < 4.78 is 25.1. The standard InChI is InChI=1S/C93H174N2O8/c1-9-15-21-27-33-35-37-39-41-43-45-47-49-51-57-67-77-88(78-68-58-52-50-48-46-44-42-40-38-36-34-28-22-16-10-2)103-92(98)85-89(93(99)100-84-83-94(7)8)95(81-71-61-59-69-79-90(96)101-86(73-63-53-29-23-17-11-3)74-64-54-30-24-18-12-4)82-72-62-60-70-80-91(97)102-87(75-65-55-31-25-19-13-5)76-66-56-32-26-20-14-6/h33-36,39-42,86-89H,9-32,37-38,43-85H2,1-8H3/b35-33+,36-34+,41-39+,42-40+. The number of hydrogen-bond donors (Lipinski definition) is 0. The van der Waals surface area contributed by atoms with Gasteiger partial charge in [0.05, 0.1) is 6.42 Å². The van der Waals surface area contributed by atoms with E-state index in [1.165, 1.54) is 231 Å². The fourth-order valence-electron chi connectivity index (χ4n) is 14.1. The van der Waals surface area contributed by atoms with Gasteiger partial charge in [-0.2, -0.15) is 0 Å². The Morgan fingerprint density at radius 3 is 0.845 bits per heavy atom. The van der Waals surface area contributed by atoms with Gasteiger partial charge in [-0.3, -0.25) is 24.1 Å². The summed E-state index contributed by atoms with van der Waals surface area (Å²) in [5, 5.41) is 0. The summed E-state index contributed by atoms with van der Waals surface area (Å²) in [6.45, 7) is 15.7. The van der Waals surface area contributed by atoms with Gasteiger partial charge in [0.25, 0.3) is 0 Å². The molecule has 0 aromatic heterocycles. The molecule has 0 aromatic carbocycles. The van der Waals surface area contributed by atoms with Gasteiger partial charge in [0.1, 0.15) is 31.0 Å². The normalized spacial score (nSPS) is 12.4. The van der Waals surface area contributed by atoms with Crippen molar-refractivity contribution in [3.8, 4) is 0 Å². The fourth-order valence-corrected chi connectivity index (χ4v) is 14.1. The number of carbonyl (C=O) groups excluding carboxylic acids is 4. The zero-order valence-electron chi connectivity index (χ0n) is 69.9. The maximum atomic E-state index is 14.6. The highest BCUT2D eigenvalue weighted by molar-refractivity contribution is 5.82. The molecule has 0 bridgehead atoms. The zero-order chi connectivity index (χ0) is 75.0. The molecule has 0 aromatic rings. The van der Waals surface area contributed by atoms with Gasteiger partial charge in [0.15, 0.2) is 0 Å². The highest BCUT2D eigenvalue weighted by Gasteiger charge is 2.31. The number of rotatable bonds is 82. The maximum absolute atomic E-state index is 14.6. The van der Waals surface area contributed by atoms with Crippen LogP contribution in [-0.4, -0.2) is 98.4 Å². The fraction of sp³-hybridized carbons (Fsp3) is 0.871. The number of ether oxygens (including phenoxy) is 4. The van der Waals surface area contributed by atoms with Crippen LogP contribution in [0.4, 0.5) is 0 Å². The van der Waals surface area contributed by atoms with E-state index in [2.05, 4.69) is 95.1 Å². The summed E-state index contributed by atoms with van der Waals surface area (Å²) in [5.41, 5.74) is 0. The van der Waals surface area contributed by atoms with E-state index in [1.54, 1.807) is 0 Å². The Balaban J connectivity index is 6.36. The van der Waals surface area contributed by atoms with E-state index in [0.29, 0.717) is 32.5 Å². The molecule has 0 aliphatic rings. The molecule has 0 saturated heterocycles. The number of allylic oxidation sites excluding steroid dienone is 8. The van der Waals surface area contributed by atoms with Crippen molar-refractivity contribution in [1.29, 1.82) is 0 Å². The lowest BCUT2D eigenvalue weighted by molar-refractivity contribution is -0.160. The SMILES string of the molecule is CCCCC/C=C/C/C=C/CCCCCCCCC(CCCCCCCC/C=C/C/C=C/CCCCC)OC(=O)CC(C(=O)OCCN(C)C)N(CCCCCCC(=O)OC(CCCCCCCC)CCCCCCCC)CCCCCCC(=O)OC(CCCCCCCC)CCCCCCCC. The van der Waals surface area contributed by atoms with Gasteiger partial charge in [-0.15, -0.1) is 0 Å². The van der Waals surface area contributed by atoms with E-state index < -0.39 is 6.04 Å². The van der Waals surface area contributed by atoms with Crippen LogP contribution in [-0.2, 0) is 38.1 Å². The highest BCUT2D eigenvalue weighted by atomic mass is 16.6. The summed E-state index contributed by atoms with van der Waals surface area (Å²) in [6.07, 6.45) is 90.0. The Morgan fingerprint density at radius 1 is 0.282 bits per heavy atom. The van der Waals surface area contributed by atoms with Crippen LogP contribution in [0.5, 0.6) is 0 Å². The topological polar surface area (TPSA) is 112 Å². The third-order valence-electron chi connectivity index (χ3n) is 20.9. The smallest absolute Gasteiger partial charge is 0.324 e. The molecule has 0 spiro atoms. The van der Waals surface area contributed by atoms with Gasteiger partial charge in [0.2, 0.25) is 0 Å². The number of hydrogen-bond acceptors (Lipinski definition) is 10. The maximum Gasteiger partial charge on any atom is 0.324 e. The number of nitrogens with zero attached hydrogens (tertiary/aromatic N) is 2. The van der Waals surface area contributed by atoms with E-state index in [9.17, 15) is 19.2 Å². The quantitative estimate of drug-likeness (QED) is 0.0253. The van der Waals surface area contributed by atoms with Crippen LogP contribution in [0, 0.1) is 0 Å². The zero-order valence-corrected chi connectivity index (χ0v) is 69.9. The van der Waals surface area contributed by atoms with E-state index >= 15 is 0 Å². The minimum Gasteiger partial charge on any atom is -0.463 e. The molecule has 10 nitrogen and oxygen atoms in total. The van der Waals surface area contributed by atoms with E-state index in [0.717, 1.165) is 167 Å². The molecule has 0 aliphatic heterocycles. The van der Waals surface area contributed by atoms with Crippen molar-refractivity contribution in [2.75, 3.05) is 40.3 Å². The van der Waals surface area contributed by atoms with Crippen LogP contribution in [0.3, 0.4) is 0 Å². The summed E-state index contributed by atoms with van der Waals surface area (Å²) in [5.74, 6) is -0.789. The Morgan fingerprint density at radius 2 is 0.534 bits per heavy atom. The van der Waals surface area contributed by atoms with Crippen molar-refractivity contribution in [3.05, 3.63) is 48.6 Å². The van der Waals surface area contributed by atoms with Crippen molar-refractivity contribution in [2.24, 2.45) is 0 Å². The van der Waals surface area contributed by atoms with Crippen LogP contribution in [0.15, 0.2) is 48.6 Å². The number of esters is 4. The molecule has 1 unspecified atom stereocenters. The second-order valence-electron chi connectivity index (χ2n) is 31.4. The minimum atomic E-state index is -0.769. The van der Waals surface area contributed by atoms with Crippen molar-refractivity contribution in [1.82, 2.24) is 9.80 Å². The molecule has 0 aliphatic carbocycles. The molecule has 103 heavy (non-hydrogen) atoms. The first-order chi connectivity index (χ1) is 50.5. The third kappa shape index (κ3) is 72.7. The molecule has 1 atom stereocenters. The van der Waals surface area contributed by atoms with Gasteiger partial charge in [0, 0.05) is 19.4 Å². The lowest BCUT2D eigenvalue weighted by Crippen LogP contribution is -2.45. The first-order valence-electron chi connectivity index (χ1n) is 45.3. The summed E-state index contributed by atoms with van der Waals surface area (Å²) in [4.78, 5) is 60.3. The molecule has 0 fully saturated rings. The molecule has 10 heteroatoms. The Hall–Kier alpha value is -3.24. The molecular formula is C93H174N2O8. The van der Waals surface area contributed by atoms with Gasteiger partial charge < -0.3 is 23.8 Å². The monoisotopic (exact) mass is 1450 g/mol. The van der Waals surface area contributed by atoms with Gasteiger partial charge >= 0.3 is 23.9 Å². The van der Waals surface area contributed by atoms with Crippen molar-refractivity contribution < 1.29 is 38.1 Å². The highest BCUT2D eigenvalue weighted by Crippen LogP contribution is 2.24. The summed E-state index contributed by atoms with van der Waals surface area (Å²) in [7, 11) is 3.96. The average molecular weight is 1450 g/mol. The third-order valence-corrected chi connectivity index (χ3v) is 20.9. The average Bonchev–Trinajstić information content (AvgIpc) is 0.873. The van der Waals surface area contributed by atoms with Gasteiger partial charge in [-0.1, -0.05) is 321 Å². The first kappa shape index (κ1) is 99.8. The predicted octanol–water partition coefficient (Wildman–Crippen LogP) is 28.2. The van der Waals surface area contributed by atoms with E-state index in [1.807, 2.05) is 19.0 Å². The second-order valence-corrected chi connectivity index (χ2v) is 31.4. The van der Waals surface area contributed by atoms with Crippen molar-refractivity contribution in [3.63, 3.8) is 0 Å². The Bertz CT molecular complexity index is 1790.